The van der Waals surface area contributed by atoms with Crippen molar-refractivity contribution in [3.8, 4) is 6.07 Å². The lowest BCUT2D eigenvalue weighted by Gasteiger charge is -2.21. The Morgan fingerprint density at radius 3 is 2.62 bits per heavy atom. The van der Waals surface area contributed by atoms with E-state index in [1.54, 1.807) is 6.26 Å². The minimum atomic E-state index is 0.0296. The maximum absolute atomic E-state index is 12.1. The van der Waals surface area contributed by atoms with Gasteiger partial charge in [-0.2, -0.15) is 5.26 Å². The van der Waals surface area contributed by atoms with Crippen molar-refractivity contribution in [3.63, 3.8) is 0 Å². The average molecular weight is 352 g/mol. The average Bonchev–Trinajstić information content (AvgIpc) is 3.09. The van der Waals surface area contributed by atoms with Crippen LogP contribution < -0.4 is 5.32 Å². The van der Waals surface area contributed by atoms with E-state index in [0.717, 1.165) is 44.9 Å². The zero-order valence-corrected chi connectivity index (χ0v) is 14.9. The molecule has 1 aromatic heterocycles. The highest BCUT2D eigenvalue weighted by Gasteiger charge is 2.17. The molecule has 26 heavy (non-hydrogen) atoms. The molecule has 0 bridgehead atoms. The van der Waals surface area contributed by atoms with E-state index in [1.165, 1.54) is 5.56 Å². The number of furan rings is 1. The Kier molecular flexibility index (Phi) is 6.42. The third kappa shape index (κ3) is 5.45. The normalized spacial score (nSPS) is 16.0. The van der Waals surface area contributed by atoms with Gasteiger partial charge in [0.05, 0.1) is 31.0 Å². The Hall–Kier alpha value is -2.62. The molecular weight excluding hydrogens is 328 g/mol. The van der Waals surface area contributed by atoms with Gasteiger partial charge in [0.1, 0.15) is 5.76 Å². The van der Waals surface area contributed by atoms with Crippen molar-refractivity contribution in [1.29, 1.82) is 5.26 Å². The Morgan fingerprint density at radius 2 is 1.88 bits per heavy atom. The van der Waals surface area contributed by atoms with E-state index in [4.69, 9.17) is 9.68 Å². The zero-order valence-electron chi connectivity index (χ0n) is 14.9. The lowest BCUT2D eigenvalue weighted by molar-refractivity contribution is -0.122. The summed E-state index contributed by atoms with van der Waals surface area (Å²) >= 11 is 0. The molecule has 3 rings (SSSR count). The van der Waals surface area contributed by atoms with Crippen LogP contribution in [0.5, 0.6) is 0 Å². The number of rotatable bonds is 6. The first-order valence-corrected chi connectivity index (χ1v) is 8.96. The van der Waals surface area contributed by atoms with Gasteiger partial charge >= 0.3 is 0 Å². The van der Waals surface area contributed by atoms with E-state index < -0.39 is 0 Å². The van der Waals surface area contributed by atoms with Crippen LogP contribution in [0.25, 0.3) is 0 Å². The van der Waals surface area contributed by atoms with Gasteiger partial charge in [-0.1, -0.05) is 12.1 Å². The van der Waals surface area contributed by atoms with Gasteiger partial charge in [-0.25, -0.2) is 0 Å². The fourth-order valence-corrected chi connectivity index (χ4v) is 3.14. The highest BCUT2D eigenvalue weighted by Crippen LogP contribution is 2.10. The summed E-state index contributed by atoms with van der Waals surface area (Å²) in [5.41, 5.74) is 1.91. The molecule has 2 heterocycles. The summed E-state index contributed by atoms with van der Waals surface area (Å²) in [6.45, 7) is 5.50. The highest BCUT2D eigenvalue weighted by molar-refractivity contribution is 5.77. The third-order valence-corrected chi connectivity index (χ3v) is 4.58. The third-order valence-electron chi connectivity index (χ3n) is 4.58. The summed E-state index contributed by atoms with van der Waals surface area (Å²) in [5, 5.41) is 11.8. The van der Waals surface area contributed by atoms with Gasteiger partial charge in [-0.3, -0.25) is 14.6 Å². The fraction of sp³-hybridized carbons (Fsp3) is 0.400. The Labute approximate surface area is 154 Å². The molecule has 1 fully saturated rings. The second-order valence-corrected chi connectivity index (χ2v) is 6.57. The first kappa shape index (κ1) is 18.2. The van der Waals surface area contributed by atoms with Crippen molar-refractivity contribution < 1.29 is 9.21 Å². The second-order valence-electron chi connectivity index (χ2n) is 6.57. The second kappa shape index (κ2) is 9.18. The number of carbonyl (C=O) groups excluding carboxylic acids is 1. The summed E-state index contributed by atoms with van der Waals surface area (Å²) in [6, 6.07) is 13.6. The van der Waals surface area contributed by atoms with Crippen LogP contribution in [0.15, 0.2) is 47.1 Å². The number of hydrogen-bond acceptors (Lipinski definition) is 5. The molecule has 1 amide bonds. The summed E-state index contributed by atoms with van der Waals surface area (Å²) in [6.07, 6.45) is 2.65. The van der Waals surface area contributed by atoms with Crippen molar-refractivity contribution in [3.05, 3.63) is 59.5 Å². The summed E-state index contributed by atoms with van der Waals surface area (Å²) in [4.78, 5) is 16.7. The summed E-state index contributed by atoms with van der Waals surface area (Å²) in [5.74, 6) is 0.796. The smallest absolute Gasteiger partial charge is 0.234 e. The quantitative estimate of drug-likeness (QED) is 0.861. The monoisotopic (exact) mass is 352 g/mol. The lowest BCUT2D eigenvalue weighted by atomic mass is 10.1. The van der Waals surface area contributed by atoms with Crippen LogP contribution in [-0.4, -0.2) is 48.4 Å². The van der Waals surface area contributed by atoms with Crippen LogP contribution >= 0.6 is 0 Å². The van der Waals surface area contributed by atoms with Crippen molar-refractivity contribution in [1.82, 2.24) is 15.1 Å². The topological polar surface area (TPSA) is 72.5 Å². The Bertz CT molecular complexity index is 734. The van der Waals surface area contributed by atoms with Crippen molar-refractivity contribution in [2.75, 3.05) is 32.7 Å². The van der Waals surface area contributed by atoms with Crippen molar-refractivity contribution >= 4 is 5.91 Å². The van der Waals surface area contributed by atoms with E-state index in [-0.39, 0.29) is 5.91 Å². The number of nitriles is 1. The first-order chi connectivity index (χ1) is 12.7. The molecule has 6 nitrogen and oxygen atoms in total. The van der Waals surface area contributed by atoms with E-state index in [9.17, 15) is 4.79 Å². The fourth-order valence-electron chi connectivity index (χ4n) is 3.14. The Morgan fingerprint density at radius 1 is 1.12 bits per heavy atom. The molecule has 1 aliphatic heterocycles. The highest BCUT2D eigenvalue weighted by atomic mass is 16.3. The van der Waals surface area contributed by atoms with Crippen molar-refractivity contribution in [2.24, 2.45) is 0 Å². The van der Waals surface area contributed by atoms with Gasteiger partial charge in [0.2, 0.25) is 5.91 Å². The first-order valence-electron chi connectivity index (χ1n) is 8.96. The lowest BCUT2D eigenvalue weighted by Crippen LogP contribution is -2.39. The molecule has 6 heteroatoms. The molecular formula is C20H24N4O2. The van der Waals surface area contributed by atoms with Crippen LogP contribution in [0.3, 0.4) is 0 Å². The minimum Gasteiger partial charge on any atom is -0.467 e. The van der Waals surface area contributed by atoms with Gasteiger partial charge in [0.15, 0.2) is 0 Å². The molecule has 0 saturated carbocycles. The number of carbonyl (C=O) groups is 1. The SMILES string of the molecule is N#Cc1ccc(CN2CCCN(CC(=O)NCc3ccco3)CC2)cc1. The van der Waals surface area contributed by atoms with E-state index >= 15 is 0 Å². The number of hydrogen-bond donors (Lipinski definition) is 1. The largest absolute Gasteiger partial charge is 0.467 e. The number of benzene rings is 1. The standard InChI is InChI=1S/C20H24N4O2/c21-13-17-4-6-18(7-5-17)15-23-8-2-9-24(11-10-23)16-20(25)22-14-19-3-1-12-26-19/h1,3-7,12H,2,8-11,14-16H2,(H,22,25). The zero-order chi connectivity index (χ0) is 18.2. The van der Waals surface area contributed by atoms with Gasteiger partial charge in [0.25, 0.3) is 0 Å². The van der Waals surface area contributed by atoms with Crippen LogP contribution in [-0.2, 0) is 17.9 Å². The van der Waals surface area contributed by atoms with E-state index in [1.807, 2.05) is 36.4 Å². The molecule has 2 aromatic rings. The number of nitrogens with one attached hydrogen (secondary N) is 1. The van der Waals surface area contributed by atoms with Crippen molar-refractivity contribution in [2.45, 2.75) is 19.5 Å². The molecule has 136 valence electrons. The molecule has 1 aliphatic rings. The van der Waals surface area contributed by atoms with Crippen LogP contribution in [0, 0.1) is 11.3 Å². The molecule has 1 aromatic carbocycles. The molecule has 0 spiro atoms. The molecule has 0 atom stereocenters. The molecule has 0 radical (unpaired) electrons. The molecule has 0 aliphatic carbocycles. The van der Waals surface area contributed by atoms with Gasteiger partial charge < -0.3 is 9.73 Å². The van der Waals surface area contributed by atoms with Gasteiger partial charge in [0, 0.05) is 19.6 Å². The maximum Gasteiger partial charge on any atom is 0.234 e. The molecule has 1 saturated heterocycles. The van der Waals surface area contributed by atoms with Gasteiger partial charge in [-0.15, -0.1) is 0 Å². The van der Waals surface area contributed by atoms with Gasteiger partial charge in [-0.05, 0) is 49.3 Å². The number of nitrogens with zero attached hydrogens (tertiary/aromatic N) is 3. The summed E-state index contributed by atoms with van der Waals surface area (Å²) in [7, 11) is 0. The predicted octanol–water partition coefficient (Wildman–Crippen LogP) is 1.98. The predicted molar refractivity (Wildman–Crippen MR) is 98.0 cm³/mol. The Balaban J connectivity index is 1.42. The minimum absolute atomic E-state index is 0.0296. The molecule has 0 unspecified atom stereocenters. The van der Waals surface area contributed by atoms with Crippen LogP contribution in [0.1, 0.15) is 23.3 Å². The van der Waals surface area contributed by atoms with Crippen LogP contribution in [0.4, 0.5) is 0 Å². The summed E-state index contributed by atoms with van der Waals surface area (Å²) < 4.78 is 5.23. The van der Waals surface area contributed by atoms with E-state index in [0.29, 0.717) is 18.7 Å². The van der Waals surface area contributed by atoms with Crippen LogP contribution in [0.2, 0.25) is 0 Å². The number of amides is 1. The van der Waals surface area contributed by atoms with E-state index in [2.05, 4.69) is 21.2 Å². The maximum atomic E-state index is 12.1. The molecule has 1 N–H and O–H groups in total.